The Bertz CT molecular complexity index is 1440. The van der Waals surface area contributed by atoms with Gasteiger partial charge in [0.2, 0.25) is 11.8 Å². The average Bonchev–Trinajstić information content (AvgIpc) is 3.26. The number of benzene rings is 3. The van der Waals surface area contributed by atoms with Crippen LogP contribution in [0.5, 0.6) is 0 Å². The van der Waals surface area contributed by atoms with Crippen molar-refractivity contribution in [1.29, 1.82) is 0 Å². The van der Waals surface area contributed by atoms with E-state index in [1.54, 1.807) is 4.57 Å². The monoisotopic (exact) mass is 549 g/mol. The van der Waals surface area contributed by atoms with Gasteiger partial charge in [-0.1, -0.05) is 54.2 Å². The van der Waals surface area contributed by atoms with Gasteiger partial charge in [-0.05, 0) is 62.7 Å². The van der Waals surface area contributed by atoms with Crippen molar-refractivity contribution in [3.63, 3.8) is 0 Å². The molecule has 1 heterocycles. The van der Waals surface area contributed by atoms with E-state index in [4.69, 9.17) is 0 Å². The van der Waals surface area contributed by atoms with Crippen LogP contribution in [0.3, 0.4) is 0 Å². The van der Waals surface area contributed by atoms with Crippen LogP contribution in [0.15, 0.2) is 84.0 Å². The van der Waals surface area contributed by atoms with Crippen molar-refractivity contribution in [2.24, 2.45) is 7.05 Å². The molecule has 0 fully saturated rings. The highest BCUT2D eigenvalue weighted by Crippen LogP contribution is 2.31. The van der Waals surface area contributed by atoms with Crippen molar-refractivity contribution in [3.05, 3.63) is 96.1 Å². The van der Waals surface area contributed by atoms with E-state index in [0.29, 0.717) is 22.2 Å². The molecule has 1 atom stereocenters. The lowest BCUT2D eigenvalue weighted by atomic mass is 10.0. The molecule has 4 aromatic rings. The van der Waals surface area contributed by atoms with Crippen molar-refractivity contribution in [2.75, 3.05) is 10.7 Å². The third-order valence-corrected chi connectivity index (χ3v) is 6.76. The van der Waals surface area contributed by atoms with Gasteiger partial charge in [-0.2, -0.15) is 0 Å². The Morgan fingerprint density at radius 1 is 0.923 bits per heavy atom. The van der Waals surface area contributed by atoms with Crippen LogP contribution in [0.25, 0.3) is 11.4 Å². The molecule has 39 heavy (non-hydrogen) atoms. The molecule has 0 radical (unpaired) electrons. The van der Waals surface area contributed by atoms with Crippen LogP contribution < -0.4 is 10.2 Å². The zero-order valence-corrected chi connectivity index (χ0v) is 22.9. The molecule has 2 amide bonds. The molecule has 0 saturated carbocycles. The minimum absolute atomic E-state index is 0.0847. The van der Waals surface area contributed by atoms with Gasteiger partial charge in [0.05, 0.1) is 5.75 Å². The number of rotatable bonds is 8. The molecule has 0 aliphatic carbocycles. The highest BCUT2D eigenvalue weighted by Gasteiger charge is 2.34. The lowest BCUT2D eigenvalue weighted by molar-refractivity contribution is -0.127. The first-order chi connectivity index (χ1) is 18.5. The van der Waals surface area contributed by atoms with Gasteiger partial charge in [-0.3, -0.25) is 14.5 Å². The molecule has 0 bridgehead atoms. The number of hydrogen-bond donors (Lipinski definition) is 1. The number of amides is 2. The molecule has 1 unspecified atom stereocenters. The zero-order valence-electron chi connectivity index (χ0n) is 22.1. The summed E-state index contributed by atoms with van der Waals surface area (Å²) in [6, 6.07) is 19.1. The van der Waals surface area contributed by atoms with Crippen LogP contribution in [-0.2, 0) is 16.6 Å². The number of carbonyl (C=O) groups is 2. The highest BCUT2D eigenvalue weighted by atomic mass is 32.2. The van der Waals surface area contributed by atoms with Gasteiger partial charge in [0.1, 0.15) is 17.7 Å². The molecule has 202 valence electrons. The van der Waals surface area contributed by atoms with E-state index in [-0.39, 0.29) is 5.75 Å². The highest BCUT2D eigenvalue weighted by molar-refractivity contribution is 7.99. The summed E-state index contributed by atoms with van der Waals surface area (Å²) in [6.45, 7) is 5.47. The van der Waals surface area contributed by atoms with Crippen LogP contribution in [0, 0.1) is 11.6 Å². The van der Waals surface area contributed by atoms with Crippen molar-refractivity contribution >= 4 is 29.3 Å². The minimum atomic E-state index is -1.14. The topological polar surface area (TPSA) is 80.1 Å². The van der Waals surface area contributed by atoms with Crippen LogP contribution in [0.4, 0.5) is 14.5 Å². The van der Waals surface area contributed by atoms with E-state index < -0.39 is 35.0 Å². The second-order valence-electron chi connectivity index (χ2n) is 9.95. The standard InChI is InChI=1S/C29H29F2N5O2S/c1-29(2,3)32-27(38)25(19-10-12-21(30)13-11-19)36(23-16-14-22(31)15-17-23)24(37)18-39-28-34-33-26(35(28)4)20-8-6-5-7-9-20/h5-17,25H,18H2,1-4H3,(H,32,38). The predicted molar refractivity (Wildman–Crippen MR) is 148 cm³/mol. The van der Waals surface area contributed by atoms with E-state index in [0.717, 1.165) is 5.56 Å². The van der Waals surface area contributed by atoms with Crippen LogP contribution in [0.1, 0.15) is 32.4 Å². The fourth-order valence-corrected chi connectivity index (χ4v) is 4.78. The Morgan fingerprint density at radius 3 is 2.10 bits per heavy atom. The molecule has 0 spiro atoms. The Kier molecular flexibility index (Phi) is 8.44. The summed E-state index contributed by atoms with van der Waals surface area (Å²) in [7, 11) is 1.81. The molecule has 0 aliphatic rings. The molecule has 1 N–H and O–H groups in total. The average molecular weight is 550 g/mol. The first-order valence-corrected chi connectivity index (χ1v) is 13.2. The maximum Gasteiger partial charge on any atom is 0.248 e. The summed E-state index contributed by atoms with van der Waals surface area (Å²) in [5.41, 5.74) is 1.01. The summed E-state index contributed by atoms with van der Waals surface area (Å²) >= 11 is 1.17. The number of nitrogens with zero attached hydrogens (tertiary/aromatic N) is 4. The quantitative estimate of drug-likeness (QED) is 0.292. The second kappa shape index (κ2) is 11.8. The Labute approximate surface area is 230 Å². The summed E-state index contributed by atoms with van der Waals surface area (Å²) in [5.74, 6) is -1.27. The summed E-state index contributed by atoms with van der Waals surface area (Å²) < 4.78 is 29.4. The smallest absolute Gasteiger partial charge is 0.248 e. The van der Waals surface area contributed by atoms with E-state index in [1.165, 1.54) is 65.2 Å². The zero-order chi connectivity index (χ0) is 28.2. The number of thioether (sulfide) groups is 1. The number of halogens is 2. The summed E-state index contributed by atoms with van der Waals surface area (Å²) in [4.78, 5) is 28.8. The lowest BCUT2D eigenvalue weighted by Gasteiger charge is -2.33. The molecule has 4 rings (SSSR count). The van der Waals surface area contributed by atoms with Crippen molar-refractivity contribution in [3.8, 4) is 11.4 Å². The molecule has 0 saturated heterocycles. The number of hydrogen-bond acceptors (Lipinski definition) is 5. The fourth-order valence-electron chi connectivity index (χ4n) is 4.01. The predicted octanol–water partition coefficient (Wildman–Crippen LogP) is 5.54. The first-order valence-electron chi connectivity index (χ1n) is 12.3. The molecule has 7 nitrogen and oxygen atoms in total. The summed E-state index contributed by atoms with van der Waals surface area (Å²) in [5, 5.41) is 11.9. The molecular weight excluding hydrogens is 520 g/mol. The van der Waals surface area contributed by atoms with E-state index >= 15 is 0 Å². The van der Waals surface area contributed by atoms with Gasteiger partial charge in [-0.15, -0.1) is 10.2 Å². The Balaban J connectivity index is 1.69. The van der Waals surface area contributed by atoms with Gasteiger partial charge < -0.3 is 9.88 Å². The molecule has 10 heteroatoms. The van der Waals surface area contributed by atoms with Gasteiger partial charge in [0, 0.05) is 23.8 Å². The Morgan fingerprint density at radius 2 is 1.51 bits per heavy atom. The SMILES string of the molecule is Cn1c(SCC(=O)N(c2ccc(F)cc2)C(C(=O)NC(C)(C)C)c2ccc(F)cc2)nnc1-c1ccccc1. The van der Waals surface area contributed by atoms with Crippen molar-refractivity contribution < 1.29 is 18.4 Å². The Hall–Kier alpha value is -4.05. The lowest BCUT2D eigenvalue weighted by Crippen LogP contribution is -2.50. The van der Waals surface area contributed by atoms with E-state index in [9.17, 15) is 18.4 Å². The number of carbonyl (C=O) groups excluding carboxylic acids is 2. The summed E-state index contributed by atoms with van der Waals surface area (Å²) in [6.07, 6.45) is 0. The molecular formula is C29H29F2N5O2S. The molecule has 0 aliphatic heterocycles. The second-order valence-corrected chi connectivity index (χ2v) is 10.9. The maximum atomic E-state index is 13.8. The van der Waals surface area contributed by atoms with E-state index in [1.807, 2.05) is 58.2 Å². The van der Waals surface area contributed by atoms with Crippen LogP contribution >= 0.6 is 11.8 Å². The van der Waals surface area contributed by atoms with Crippen molar-refractivity contribution in [2.45, 2.75) is 37.5 Å². The maximum absolute atomic E-state index is 13.8. The third-order valence-electron chi connectivity index (χ3n) is 5.76. The number of aromatic nitrogens is 3. The van der Waals surface area contributed by atoms with Crippen LogP contribution in [-0.4, -0.2) is 37.9 Å². The van der Waals surface area contributed by atoms with E-state index in [2.05, 4.69) is 15.5 Å². The first kappa shape index (κ1) is 28.0. The van der Waals surface area contributed by atoms with Gasteiger partial charge >= 0.3 is 0 Å². The normalized spacial score (nSPS) is 12.2. The van der Waals surface area contributed by atoms with Gasteiger partial charge in [0.15, 0.2) is 11.0 Å². The van der Waals surface area contributed by atoms with Crippen LogP contribution in [0.2, 0.25) is 0 Å². The molecule has 3 aromatic carbocycles. The number of nitrogens with one attached hydrogen (secondary N) is 1. The van der Waals surface area contributed by atoms with Crippen molar-refractivity contribution in [1.82, 2.24) is 20.1 Å². The largest absolute Gasteiger partial charge is 0.349 e. The van der Waals surface area contributed by atoms with Gasteiger partial charge in [-0.25, -0.2) is 8.78 Å². The third kappa shape index (κ3) is 6.88. The number of anilines is 1. The van der Waals surface area contributed by atoms with Gasteiger partial charge in [0.25, 0.3) is 0 Å². The minimum Gasteiger partial charge on any atom is -0.349 e. The molecule has 1 aromatic heterocycles. The fraction of sp³-hybridized carbons (Fsp3) is 0.241.